The summed E-state index contributed by atoms with van der Waals surface area (Å²) in [5.41, 5.74) is 2.55. The first-order valence-corrected chi connectivity index (χ1v) is 11.7. The Hall–Kier alpha value is -2.62. The molecule has 0 N–H and O–H groups in total. The van der Waals surface area contributed by atoms with Crippen molar-refractivity contribution in [3.05, 3.63) is 56.6 Å². The fourth-order valence-corrected chi connectivity index (χ4v) is 5.08. The molecule has 168 valence electrons. The first-order valence-electron chi connectivity index (χ1n) is 10.9. The Morgan fingerprint density at radius 2 is 1.78 bits per heavy atom. The minimum Gasteiger partial charge on any atom is -0.267 e. The first kappa shape index (κ1) is 21.2. The lowest BCUT2D eigenvalue weighted by atomic mass is 9.84. The Morgan fingerprint density at radius 1 is 1.03 bits per heavy atom. The third kappa shape index (κ3) is 4.32. The SMILES string of the molecule is O=c1c(C2CCCCC2)cc(-c2nnc(C(F)(F)F)s2)nn1Cc1ncccc1C1CC1. The topological polar surface area (TPSA) is 73.6 Å². The van der Waals surface area contributed by atoms with Gasteiger partial charge in [-0.15, -0.1) is 10.2 Å². The van der Waals surface area contributed by atoms with Crippen molar-refractivity contribution in [2.75, 3.05) is 0 Å². The van der Waals surface area contributed by atoms with Gasteiger partial charge >= 0.3 is 6.18 Å². The van der Waals surface area contributed by atoms with Gasteiger partial charge in [0.1, 0.15) is 5.69 Å². The summed E-state index contributed by atoms with van der Waals surface area (Å²) in [7, 11) is 0. The molecule has 0 amide bonds. The van der Waals surface area contributed by atoms with Gasteiger partial charge in [0.15, 0.2) is 5.01 Å². The summed E-state index contributed by atoms with van der Waals surface area (Å²) < 4.78 is 40.6. The molecular formula is C22H22F3N5OS. The van der Waals surface area contributed by atoms with Gasteiger partial charge < -0.3 is 0 Å². The highest BCUT2D eigenvalue weighted by Gasteiger charge is 2.36. The smallest absolute Gasteiger partial charge is 0.267 e. The van der Waals surface area contributed by atoms with Gasteiger partial charge in [0.05, 0.1) is 12.2 Å². The van der Waals surface area contributed by atoms with E-state index in [0.717, 1.165) is 56.2 Å². The second-order valence-corrected chi connectivity index (χ2v) is 9.48. The summed E-state index contributed by atoms with van der Waals surface area (Å²) in [6.45, 7) is 0.185. The normalized spacial score (nSPS) is 17.6. The molecule has 0 radical (unpaired) electrons. The Kier molecular flexibility index (Phi) is 5.56. The number of hydrogen-bond donors (Lipinski definition) is 0. The molecule has 2 aliphatic rings. The standard InChI is InChI=1S/C22H22F3N5OS/c23-22(24,25)21-28-27-19(32-21)17-11-16(13-5-2-1-3-6-13)20(31)30(29-17)12-18-15(14-8-9-14)7-4-10-26-18/h4,7,10-11,13-14H,1-3,5-6,8-9,12H2. The molecule has 2 saturated carbocycles. The number of hydrogen-bond acceptors (Lipinski definition) is 6. The van der Waals surface area contributed by atoms with Crippen molar-refractivity contribution in [1.29, 1.82) is 0 Å². The van der Waals surface area contributed by atoms with Crippen molar-refractivity contribution in [3.8, 4) is 10.7 Å². The van der Waals surface area contributed by atoms with Crippen molar-refractivity contribution in [3.63, 3.8) is 0 Å². The molecule has 0 spiro atoms. The molecule has 0 unspecified atom stereocenters. The van der Waals surface area contributed by atoms with Gasteiger partial charge in [-0.1, -0.05) is 36.7 Å². The Labute approximate surface area is 186 Å². The van der Waals surface area contributed by atoms with E-state index in [1.54, 1.807) is 12.3 Å². The van der Waals surface area contributed by atoms with E-state index in [2.05, 4.69) is 20.3 Å². The van der Waals surface area contributed by atoms with E-state index in [1.807, 2.05) is 12.1 Å². The zero-order chi connectivity index (χ0) is 22.3. The zero-order valence-electron chi connectivity index (χ0n) is 17.3. The number of pyridine rings is 1. The Morgan fingerprint density at radius 3 is 2.47 bits per heavy atom. The predicted octanol–water partition coefficient (Wildman–Crippen LogP) is 5.15. The van der Waals surface area contributed by atoms with E-state index < -0.39 is 11.2 Å². The van der Waals surface area contributed by atoms with Gasteiger partial charge in [0.25, 0.3) is 5.56 Å². The van der Waals surface area contributed by atoms with Crippen LogP contribution in [-0.2, 0) is 12.7 Å². The molecule has 3 heterocycles. The van der Waals surface area contributed by atoms with Gasteiger partial charge in [-0.25, -0.2) is 4.68 Å². The molecule has 3 aromatic rings. The summed E-state index contributed by atoms with van der Waals surface area (Å²) in [6.07, 6.45) is 4.29. The van der Waals surface area contributed by atoms with Crippen molar-refractivity contribution in [1.82, 2.24) is 25.0 Å². The number of nitrogens with zero attached hydrogens (tertiary/aromatic N) is 5. The van der Waals surface area contributed by atoms with Crippen LogP contribution in [0.1, 0.15) is 78.6 Å². The highest BCUT2D eigenvalue weighted by atomic mass is 32.1. The van der Waals surface area contributed by atoms with Gasteiger partial charge in [-0.3, -0.25) is 9.78 Å². The van der Waals surface area contributed by atoms with Crippen LogP contribution >= 0.6 is 11.3 Å². The van der Waals surface area contributed by atoms with E-state index in [4.69, 9.17) is 0 Å². The number of alkyl halides is 3. The molecule has 0 saturated heterocycles. The van der Waals surface area contributed by atoms with Crippen LogP contribution in [0.2, 0.25) is 0 Å². The van der Waals surface area contributed by atoms with Crippen LogP contribution in [0.15, 0.2) is 29.2 Å². The lowest BCUT2D eigenvalue weighted by Gasteiger charge is -2.22. The highest BCUT2D eigenvalue weighted by Crippen LogP contribution is 2.41. The monoisotopic (exact) mass is 461 g/mol. The number of rotatable bonds is 5. The van der Waals surface area contributed by atoms with Crippen LogP contribution in [0.4, 0.5) is 13.2 Å². The van der Waals surface area contributed by atoms with Gasteiger partial charge in [0, 0.05) is 11.8 Å². The third-order valence-electron chi connectivity index (χ3n) is 6.18. The zero-order valence-corrected chi connectivity index (χ0v) is 18.1. The lowest BCUT2D eigenvalue weighted by molar-refractivity contribution is -0.138. The third-order valence-corrected chi connectivity index (χ3v) is 7.17. The molecular weight excluding hydrogens is 439 g/mol. The molecule has 32 heavy (non-hydrogen) atoms. The summed E-state index contributed by atoms with van der Waals surface area (Å²) >= 11 is 0.446. The maximum atomic E-state index is 13.4. The fraction of sp³-hybridized carbons (Fsp3) is 0.500. The van der Waals surface area contributed by atoms with Crippen LogP contribution in [-0.4, -0.2) is 25.0 Å². The van der Waals surface area contributed by atoms with Crippen LogP contribution in [0, 0.1) is 0 Å². The van der Waals surface area contributed by atoms with Crippen LogP contribution in [0.3, 0.4) is 0 Å². The lowest BCUT2D eigenvalue weighted by Crippen LogP contribution is -2.30. The van der Waals surface area contributed by atoms with Crippen molar-refractivity contribution < 1.29 is 13.2 Å². The van der Waals surface area contributed by atoms with Gasteiger partial charge in [-0.05, 0) is 55.2 Å². The quantitative estimate of drug-likeness (QED) is 0.525. The summed E-state index contributed by atoms with van der Waals surface area (Å²) in [4.78, 5) is 17.9. The van der Waals surface area contributed by atoms with Crippen LogP contribution in [0.25, 0.3) is 10.7 Å². The van der Waals surface area contributed by atoms with Crippen molar-refractivity contribution in [2.24, 2.45) is 0 Å². The second-order valence-electron chi connectivity index (χ2n) is 8.51. The minimum absolute atomic E-state index is 0.0616. The van der Waals surface area contributed by atoms with E-state index in [9.17, 15) is 18.0 Å². The molecule has 5 rings (SSSR count). The highest BCUT2D eigenvalue weighted by molar-refractivity contribution is 7.14. The molecule has 0 atom stereocenters. The van der Waals surface area contributed by atoms with E-state index in [1.165, 1.54) is 4.68 Å². The minimum atomic E-state index is -4.57. The summed E-state index contributed by atoms with van der Waals surface area (Å²) in [5, 5.41) is 10.5. The van der Waals surface area contributed by atoms with Gasteiger partial charge in [0.2, 0.25) is 5.01 Å². The fourth-order valence-electron chi connectivity index (χ4n) is 4.41. The molecule has 2 fully saturated rings. The maximum absolute atomic E-state index is 13.4. The molecule has 2 aliphatic carbocycles. The largest absolute Gasteiger partial charge is 0.445 e. The van der Waals surface area contributed by atoms with E-state index >= 15 is 0 Å². The van der Waals surface area contributed by atoms with E-state index in [0.29, 0.717) is 22.8 Å². The summed E-state index contributed by atoms with van der Waals surface area (Å²) in [6, 6.07) is 5.53. The molecule has 0 bridgehead atoms. The van der Waals surface area contributed by atoms with Crippen molar-refractivity contribution in [2.45, 2.75) is 69.5 Å². The van der Waals surface area contributed by atoms with Crippen molar-refractivity contribution >= 4 is 11.3 Å². The van der Waals surface area contributed by atoms with Crippen LogP contribution in [0.5, 0.6) is 0 Å². The maximum Gasteiger partial charge on any atom is 0.445 e. The second kappa shape index (κ2) is 8.38. The van der Waals surface area contributed by atoms with E-state index in [-0.39, 0.29) is 28.7 Å². The molecule has 10 heteroatoms. The summed E-state index contributed by atoms with van der Waals surface area (Å²) in [5.74, 6) is 0.527. The Bertz CT molecular complexity index is 1180. The average Bonchev–Trinajstić information content (AvgIpc) is 3.50. The molecule has 6 nitrogen and oxygen atoms in total. The van der Waals surface area contributed by atoms with Crippen LogP contribution < -0.4 is 5.56 Å². The predicted molar refractivity (Wildman–Crippen MR) is 114 cm³/mol. The molecule has 3 aromatic heterocycles. The molecule has 0 aliphatic heterocycles. The number of aromatic nitrogens is 5. The van der Waals surface area contributed by atoms with Gasteiger partial charge in [-0.2, -0.15) is 18.3 Å². The first-order chi connectivity index (χ1) is 15.4. The average molecular weight is 462 g/mol. The molecule has 0 aromatic carbocycles. The Balaban J connectivity index is 1.58. The number of halogens is 3.